The summed E-state index contributed by atoms with van der Waals surface area (Å²) in [5, 5.41) is 0.362. The van der Waals surface area contributed by atoms with Crippen LogP contribution in [0.5, 0.6) is 11.5 Å². The molecule has 0 bridgehead atoms. The minimum Gasteiger partial charge on any atom is -0.493 e. The third kappa shape index (κ3) is 4.26. The highest BCUT2D eigenvalue weighted by Gasteiger charge is 2.22. The van der Waals surface area contributed by atoms with Crippen LogP contribution in [-0.4, -0.2) is 31.6 Å². The molecule has 1 atom stereocenters. The van der Waals surface area contributed by atoms with Crippen LogP contribution >= 0.6 is 11.6 Å². The van der Waals surface area contributed by atoms with Gasteiger partial charge in [0.15, 0.2) is 11.5 Å². The lowest BCUT2D eigenvalue weighted by atomic mass is 10.0. The maximum atomic E-state index is 12.9. The number of hydrogen-bond donors (Lipinski definition) is 0. The van der Waals surface area contributed by atoms with Crippen molar-refractivity contribution in [3.63, 3.8) is 0 Å². The van der Waals surface area contributed by atoms with Crippen LogP contribution in [0.2, 0.25) is 5.02 Å². The normalized spacial score (nSPS) is 11.8. The smallest absolute Gasteiger partial charge is 0.254 e. The van der Waals surface area contributed by atoms with E-state index < -0.39 is 0 Å². The highest BCUT2D eigenvalue weighted by Crippen LogP contribution is 2.37. The average Bonchev–Trinajstić information content (AvgIpc) is 2.62. The fourth-order valence-corrected chi connectivity index (χ4v) is 2.84. The molecule has 4 nitrogen and oxygen atoms in total. The van der Waals surface area contributed by atoms with Crippen molar-refractivity contribution < 1.29 is 14.3 Å². The van der Waals surface area contributed by atoms with E-state index in [9.17, 15) is 4.79 Å². The van der Waals surface area contributed by atoms with Crippen molar-refractivity contribution in [2.45, 2.75) is 26.8 Å². The van der Waals surface area contributed by atoms with E-state index in [1.54, 1.807) is 24.1 Å². The lowest BCUT2D eigenvalue weighted by molar-refractivity contribution is 0.0742. The highest BCUT2D eigenvalue weighted by atomic mass is 35.5. The second-order valence-electron chi connectivity index (χ2n) is 5.93. The first-order chi connectivity index (χ1) is 11.9. The van der Waals surface area contributed by atoms with Gasteiger partial charge in [0.05, 0.1) is 24.8 Å². The number of benzene rings is 2. The van der Waals surface area contributed by atoms with E-state index in [0.29, 0.717) is 28.7 Å². The van der Waals surface area contributed by atoms with Crippen molar-refractivity contribution in [2.24, 2.45) is 0 Å². The molecule has 0 radical (unpaired) electrons. The lowest BCUT2D eigenvalue weighted by Gasteiger charge is -2.26. The fraction of sp³-hybridized carbons (Fsp3) is 0.350. The summed E-state index contributed by atoms with van der Waals surface area (Å²) in [5.41, 5.74) is 2.73. The molecule has 0 aliphatic heterocycles. The molecule has 0 fully saturated rings. The molecule has 2 aromatic rings. The third-order valence-corrected chi connectivity index (χ3v) is 4.51. The van der Waals surface area contributed by atoms with Gasteiger partial charge in [0.25, 0.3) is 5.91 Å². The number of nitrogens with zero attached hydrogens (tertiary/aromatic N) is 1. The Morgan fingerprint density at radius 1 is 1.24 bits per heavy atom. The molecule has 1 amide bonds. The van der Waals surface area contributed by atoms with E-state index >= 15 is 0 Å². The molecule has 0 heterocycles. The summed E-state index contributed by atoms with van der Waals surface area (Å²) in [5.74, 6) is 0.780. The SMILES string of the molecule is CCOc1c(Cl)cc(C(=O)N(C)C(C)c2ccc(C)cc2)cc1OC. The number of halogens is 1. The molecule has 5 heteroatoms. The molecule has 0 saturated carbocycles. The van der Waals surface area contributed by atoms with Gasteiger partial charge in [-0.05, 0) is 38.5 Å². The van der Waals surface area contributed by atoms with Gasteiger partial charge in [-0.25, -0.2) is 0 Å². The Hall–Kier alpha value is -2.20. The number of aryl methyl sites for hydroxylation is 1. The van der Waals surface area contributed by atoms with Crippen LogP contribution in [0.1, 0.15) is 41.4 Å². The maximum Gasteiger partial charge on any atom is 0.254 e. The van der Waals surface area contributed by atoms with E-state index in [-0.39, 0.29) is 11.9 Å². The first kappa shape index (κ1) is 19.1. The predicted molar refractivity (Wildman–Crippen MR) is 101 cm³/mol. The van der Waals surface area contributed by atoms with Gasteiger partial charge >= 0.3 is 0 Å². The van der Waals surface area contributed by atoms with Gasteiger partial charge in [-0.3, -0.25) is 4.79 Å². The van der Waals surface area contributed by atoms with E-state index in [4.69, 9.17) is 21.1 Å². The Labute approximate surface area is 154 Å². The van der Waals surface area contributed by atoms with Gasteiger partial charge in [-0.2, -0.15) is 0 Å². The number of hydrogen-bond acceptors (Lipinski definition) is 3. The van der Waals surface area contributed by atoms with Crippen molar-refractivity contribution in [1.82, 2.24) is 4.90 Å². The maximum absolute atomic E-state index is 12.9. The zero-order valence-electron chi connectivity index (χ0n) is 15.3. The number of carbonyl (C=O) groups is 1. The summed E-state index contributed by atoms with van der Waals surface area (Å²) >= 11 is 6.28. The molecule has 0 saturated heterocycles. The van der Waals surface area contributed by atoms with Gasteiger partial charge in [-0.1, -0.05) is 41.4 Å². The largest absolute Gasteiger partial charge is 0.493 e. The molecule has 0 aromatic heterocycles. The van der Waals surface area contributed by atoms with Crippen LogP contribution in [-0.2, 0) is 0 Å². The van der Waals surface area contributed by atoms with Crippen LogP contribution in [0, 0.1) is 6.92 Å². The van der Waals surface area contributed by atoms with E-state index in [0.717, 1.165) is 5.56 Å². The van der Waals surface area contributed by atoms with E-state index in [1.807, 2.05) is 45.0 Å². The Morgan fingerprint density at radius 3 is 2.44 bits per heavy atom. The monoisotopic (exact) mass is 361 g/mol. The Bertz CT molecular complexity index is 743. The van der Waals surface area contributed by atoms with Gasteiger partial charge in [0.2, 0.25) is 0 Å². The quantitative estimate of drug-likeness (QED) is 0.735. The first-order valence-electron chi connectivity index (χ1n) is 8.23. The summed E-state index contributed by atoms with van der Waals surface area (Å²) in [6.07, 6.45) is 0. The van der Waals surface area contributed by atoms with Crippen molar-refractivity contribution in [2.75, 3.05) is 20.8 Å². The number of methoxy groups -OCH3 is 1. The number of rotatable bonds is 6. The Morgan fingerprint density at radius 2 is 1.88 bits per heavy atom. The fourth-order valence-electron chi connectivity index (χ4n) is 2.58. The summed E-state index contributed by atoms with van der Waals surface area (Å²) in [7, 11) is 3.31. The van der Waals surface area contributed by atoms with Crippen LogP contribution in [0.4, 0.5) is 0 Å². The van der Waals surface area contributed by atoms with Gasteiger partial charge in [-0.15, -0.1) is 0 Å². The minimum absolute atomic E-state index is 0.0653. The standard InChI is InChI=1S/C20H24ClNO3/c1-6-25-19-17(21)11-16(12-18(19)24-5)20(23)22(4)14(3)15-9-7-13(2)8-10-15/h7-12,14H,6H2,1-5H3. The lowest BCUT2D eigenvalue weighted by Crippen LogP contribution is -2.29. The number of carbonyl (C=O) groups excluding carboxylic acids is 1. The van der Waals surface area contributed by atoms with Crippen molar-refractivity contribution >= 4 is 17.5 Å². The van der Waals surface area contributed by atoms with Crippen molar-refractivity contribution in [3.8, 4) is 11.5 Å². The molecule has 134 valence electrons. The van der Waals surface area contributed by atoms with E-state index in [2.05, 4.69) is 0 Å². The van der Waals surface area contributed by atoms with Gasteiger partial charge in [0.1, 0.15) is 0 Å². The van der Waals surface area contributed by atoms with Crippen molar-refractivity contribution in [3.05, 3.63) is 58.1 Å². The zero-order chi connectivity index (χ0) is 18.6. The molecule has 0 aliphatic rings. The molecule has 2 rings (SSSR count). The van der Waals surface area contributed by atoms with Crippen LogP contribution in [0.15, 0.2) is 36.4 Å². The second kappa shape index (κ2) is 8.26. The summed E-state index contributed by atoms with van der Waals surface area (Å²) in [6.45, 7) is 6.37. The molecule has 0 spiro atoms. The molecule has 2 aromatic carbocycles. The summed E-state index contributed by atoms with van der Waals surface area (Å²) in [4.78, 5) is 14.6. The van der Waals surface area contributed by atoms with E-state index in [1.165, 1.54) is 12.7 Å². The molecule has 0 aliphatic carbocycles. The van der Waals surface area contributed by atoms with Crippen molar-refractivity contribution in [1.29, 1.82) is 0 Å². The molecule has 0 N–H and O–H groups in total. The number of amides is 1. The third-order valence-electron chi connectivity index (χ3n) is 4.23. The van der Waals surface area contributed by atoms with Crippen LogP contribution in [0.3, 0.4) is 0 Å². The molecular weight excluding hydrogens is 338 g/mol. The topological polar surface area (TPSA) is 38.8 Å². The van der Waals surface area contributed by atoms with Crippen LogP contribution in [0.25, 0.3) is 0 Å². The molecule has 25 heavy (non-hydrogen) atoms. The van der Waals surface area contributed by atoms with Crippen LogP contribution < -0.4 is 9.47 Å². The minimum atomic E-state index is -0.128. The summed E-state index contributed by atoms with van der Waals surface area (Å²) < 4.78 is 10.8. The molecule has 1 unspecified atom stereocenters. The number of ether oxygens (including phenoxy) is 2. The van der Waals surface area contributed by atoms with Gasteiger partial charge in [0, 0.05) is 12.6 Å². The Balaban J connectivity index is 2.29. The Kier molecular flexibility index (Phi) is 6.32. The predicted octanol–water partition coefficient (Wildman–Crippen LogP) is 4.89. The first-order valence-corrected chi connectivity index (χ1v) is 8.60. The zero-order valence-corrected chi connectivity index (χ0v) is 16.1. The summed E-state index contributed by atoms with van der Waals surface area (Å²) in [6, 6.07) is 11.4. The van der Waals surface area contributed by atoms with Gasteiger partial charge < -0.3 is 14.4 Å². The molecular formula is C20H24ClNO3. The second-order valence-corrected chi connectivity index (χ2v) is 6.33. The average molecular weight is 362 g/mol. The highest BCUT2D eigenvalue weighted by molar-refractivity contribution is 6.32.